The molecule has 0 spiro atoms. The number of hydrogen-bond acceptors (Lipinski definition) is 1. The molecule has 0 bridgehead atoms. The molecule has 24 heavy (non-hydrogen) atoms. The van der Waals surface area contributed by atoms with Crippen molar-refractivity contribution in [2.24, 2.45) is 0 Å². The molecule has 0 radical (unpaired) electrons. The molecule has 0 N–H and O–H groups in total. The van der Waals surface area contributed by atoms with E-state index >= 15 is 0 Å². The van der Waals surface area contributed by atoms with Crippen molar-refractivity contribution >= 4 is 0 Å². The molecule has 0 saturated heterocycles. The van der Waals surface area contributed by atoms with Crippen LogP contribution in [0.4, 0.5) is 0 Å². The Bertz CT molecular complexity index is 621. The number of hydrogen-bond donors (Lipinski definition) is 0. The Morgan fingerprint density at radius 1 is 0.583 bits per heavy atom. The predicted molar refractivity (Wildman–Crippen MR) is 103 cm³/mol. The third-order valence-electron chi connectivity index (χ3n) is 8.69. The molecular formula is C22H36OZr. The van der Waals surface area contributed by atoms with Crippen LogP contribution < -0.4 is 0 Å². The van der Waals surface area contributed by atoms with Gasteiger partial charge in [-0.05, 0) is 0 Å². The fourth-order valence-electron chi connectivity index (χ4n) is 5.53. The van der Waals surface area contributed by atoms with Gasteiger partial charge in [0.1, 0.15) is 0 Å². The van der Waals surface area contributed by atoms with Gasteiger partial charge in [0.05, 0.1) is 0 Å². The van der Waals surface area contributed by atoms with Crippen LogP contribution in [-0.2, 0) is 23.5 Å². The van der Waals surface area contributed by atoms with Gasteiger partial charge in [0.2, 0.25) is 0 Å². The molecule has 0 aromatic carbocycles. The zero-order valence-corrected chi connectivity index (χ0v) is 20.4. The zero-order chi connectivity index (χ0) is 18.8. The third kappa shape index (κ3) is 1.99. The van der Waals surface area contributed by atoms with Gasteiger partial charge in [-0.15, -0.1) is 0 Å². The van der Waals surface area contributed by atoms with E-state index in [-0.39, 0.29) is 6.25 Å². The molecule has 0 atom stereocenters. The first-order valence-corrected chi connectivity index (χ1v) is 15.0. The van der Waals surface area contributed by atoms with Crippen LogP contribution in [-0.4, -0.2) is 7.11 Å². The van der Waals surface area contributed by atoms with Gasteiger partial charge in [0.25, 0.3) is 0 Å². The first kappa shape index (κ1) is 20.1. The first-order chi connectivity index (χ1) is 10.8. The molecule has 0 amide bonds. The standard InChI is InChI=1S/2C10H15.CH3O.CH3.Zr/c2*1-6-7(2)9(4)10(5)8(6)3;1-2;;/h2*1-5H3;1H3;1H3;/q;;-1;;+1. The summed E-state index contributed by atoms with van der Waals surface area (Å²) in [5.41, 5.74) is 12.1. The summed E-state index contributed by atoms with van der Waals surface area (Å²) >= 11 is -3.23. The molecule has 2 heteroatoms. The zero-order valence-electron chi connectivity index (χ0n) is 17.9. The summed E-state index contributed by atoms with van der Waals surface area (Å²) in [4.78, 5) is 0. The Morgan fingerprint density at radius 3 is 0.958 bits per heavy atom. The van der Waals surface area contributed by atoms with Crippen LogP contribution in [0.3, 0.4) is 0 Å². The molecule has 0 heterocycles. The van der Waals surface area contributed by atoms with Crippen LogP contribution in [0.5, 0.6) is 0 Å². The number of allylic oxidation sites excluding steroid dienone is 8. The summed E-state index contributed by atoms with van der Waals surface area (Å²) in [5, 5.41) is 0. The Morgan fingerprint density at radius 2 is 0.792 bits per heavy atom. The summed E-state index contributed by atoms with van der Waals surface area (Å²) in [5.74, 6) is 0. The van der Waals surface area contributed by atoms with Crippen molar-refractivity contribution < 1.29 is 23.5 Å². The normalized spacial score (nSPS) is 24.0. The minimum atomic E-state index is -3.23. The fourth-order valence-corrected chi connectivity index (χ4v) is 18.9. The first-order valence-electron chi connectivity index (χ1n) is 9.11. The fraction of sp³-hybridized carbons (Fsp3) is 0.636. The maximum atomic E-state index is 6.66. The SMILES string of the molecule is C[O][Zr]([CH3])([C]1(C)C(C)=C(C)C(C)=C1C)[C]1(C)C(C)=C(C)C(C)=C1C. The number of rotatable bonds is 3. The van der Waals surface area contributed by atoms with Gasteiger partial charge in [0, 0.05) is 0 Å². The molecule has 2 aliphatic carbocycles. The van der Waals surface area contributed by atoms with Crippen molar-refractivity contribution in [3.05, 3.63) is 44.6 Å². The molecule has 0 fully saturated rings. The van der Waals surface area contributed by atoms with E-state index in [4.69, 9.17) is 2.81 Å². The van der Waals surface area contributed by atoms with E-state index in [2.05, 4.69) is 73.9 Å². The molecule has 134 valence electrons. The summed E-state index contributed by atoms with van der Waals surface area (Å²) in [6.45, 7) is 23.5. The van der Waals surface area contributed by atoms with Gasteiger partial charge < -0.3 is 0 Å². The van der Waals surface area contributed by atoms with Crippen molar-refractivity contribution in [2.75, 3.05) is 7.11 Å². The molecule has 0 unspecified atom stereocenters. The van der Waals surface area contributed by atoms with E-state index < -0.39 is 20.7 Å². The van der Waals surface area contributed by atoms with Crippen molar-refractivity contribution in [2.45, 2.75) is 80.1 Å². The van der Waals surface area contributed by atoms with Crippen molar-refractivity contribution in [1.29, 1.82) is 0 Å². The minimum absolute atomic E-state index is 0.0970. The molecular weight excluding hydrogens is 371 g/mol. The molecule has 2 aliphatic rings. The van der Waals surface area contributed by atoms with Crippen LogP contribution in [0.2, 0.25) is 10.9 Å². The third-order valence-corrected chi connectivity index (χ3v) is 23.8. The second-order valence-electron chi connectivity index (χ2n) is 8.49. The quantitative estimate of drug-likeness (QED) is 0.471. The second-order valence-corrected chi connectivity index (χ2v) is 19.5. The average Bonchev–Trinajstić information content (AvgIpc) is 2.82. The monoisotopic (exact) mass is 406 g/mol. The van der Waals surface area contributed by atoms with E-state index in [1.807, 2.05) is 7.11 Å². The molecule has 0 aliphatic heterocycles. The second kappa shape index (κ2) is 5.92. The van der Waals surface area contributed by atoms with Crippen molar-refractivity contribution in [1.82, 2.24) is 0 Å². The van der Waals surface area contributed by atoms with Crippen molar-refractivity contribution in [3.63, 3.8) is 0 Å². The Hall–Kier alpha value is -0.197. The molecule has 1 nitrogen and oxygen atoms in total. The summed E-state index contributed by atoms with van der Waals surface area (Å²) in [7, 11) is 1.99. The van der Waals surface area contributed by atoms with Gasteiger partial charge in [-0.1, -0.05) is 0 Å². The van der Waals surface area contributed by atoms with Gasteiger partial charge in [0.15, 0.2) is 0 Å². The van der Waals surface area contributed by atoms with Gasteiger partial charge in [-0.3, -0.25) is 0 Å². The van der Waals surface area contributed by atoms with Gasteiger partial charge in [-0.25, -0.2) is 0 Å². The summed E-state index contributed by atoms with van der Waals surface area (Å²) in [6.07, 6.45) is 0. The van der Waals surface area contributed by atoms with Gasteiger partial charge >= 0.3 is 155 Å². The molecule has 2 rings (SSSR count). The summed E-state index contributed by atoms with van der Waals surface area (Å²) in [6, 6.07) is 0. The summed E-state index contributed by atoms with van der Waals surface area (Å²) < 4.78 is 9.39. The topological polar surface area (TPSA) is 9.23 Å². The Balaban J connectivity index is 2.86. The Labute approximate surface area is 155 Å². The van der Waals surface area contributed by atoms with E-state index in [1.54, 1.807) is 22.3 Å². The van der Waals surface area contributed by atoms with Crippen LogP contribution in [0.25, 0.3) is 0 Å². The maximum absolute atomic E-state index is 6.66. The van der Waals surface area contributed by atoms with Crippen LogP contribution in [0.15, 0.2) is 44.6 Å². The molecule has 0 saturated carbocycles. The average molecular weight is 408 g/mol. The Kier molecular flexibility index (Phi) is 4.96. The van der Waals surface area contributed by atoms with Crippen LogP contribution in [0.1, 0.15) is 69.2 Å². The van der Waals surface area contributed by atoms with Gasteiger partial charge in [-0.2, -0.15) is 0 Å². The van der Waals surface area contributed by atoms with Crippen LogP contribution >= 0.6 is 0 Å². The predicted octanol–water partition coefficient (Wildman–Crippen LogP) is 7.48. The van der Waals surface area contributed by atoms with Crippen molar-refractivity contribution in [3.8, 4) is 0 Å². The van der Waals surface area contributed by atoms with Crippen LogP contribution in [0, 0.1) is 0 Å². The van der Waals surface area contributed by atoms with E-state index in [1.165, 1.54) is 22.3 Å². The molecule has 0 aromatic heterocycles. The van der Waals surface area contributed by atoms with E-state index in [9.17, 15) is 0 Å². The van der Waals surface area contributed by atoms with E-state index in [0.29, 0.717) is 0 Å². The molecule has 0 aromatic rings. The van der Waals surface area contributed by atoms with E-state index in [0.717, 1.165) is 0 Å².